The number of nitrogens with zero attached hydrogens (tertiary/aromatic N) is 1. The molecular formula is C8H11N3. The van der Waals surface area contributed by atoms with Crippen LogP contribution in [0, 0.1) is 5.92 Å². The van der Waals surface area contributed by atoms with E-state index < -0.39 is 0 Å². The zero-order valence-corrected chi connectivity index (χ0v) is 6.30. The molecule has 1 aromatic heterocycles. The Morgan fingerprint density at radius 3 is 3.18 bits per heavy atom. The average molecular weight is 149 g/mol. The molecule has 1 atom stereocenters. The highest BCUT2D eigenvalue weighted by Crippen LogP contribution is 2.43. The highest BCUT2D eigenvalue weighted by atomic mass is 15.2. The fourth-order valence-corrected chi connectivity index (χ4v) is 1.90. The van der Waals surface area contributed by atoms with E-state index in [0.29, 0.717) is 6.04 Å². The van der Waals surface area contributed by atoms with Gasteiger partial charge in [-0.1, -0.05) is 0 Å². The van der Waals surface area contributed by atoms with Gasteiger partial charge in [0.25, 0.3) is 0 Å². The van der Waals surface area contributed by atoms with Crippen molar-refractivity contribution in [2.45, 2.75) is 25.4 Å². The minimum absolute atomic E-state index is 0.615. The van der Waals surface area contributed by atoms with E-state index in [4.69, 9.17) is 0 Å². The minimum Gasteiger partial charge on any atom is -0.304 e. The third-order valence-electron chi connectivity index (χ3n) is 2.68. The first-order valence-corrected chi connectivity index (χ1v) is 4.20. The van der Waals surface area contributed by atoms with Gasteiger partial charge >= 0.3 is 0 Å². The van der Waals surface area contributed by atoms with Crippen LogP contribution in [0.5, 0.6) is 0 Å². The number of fused-ring (bicyclic) bond motifs is 1. The molecule has 2 heterocycles. The maximum absolute atomic E-state index is 4.04. The predicted octanol–water partition coefficient (Wildman–Crippen LogP) is 0.964. The first-order chi connectivity index (χ1) is 5.45. The maximum atomic E-state index is 4.04. The van der Waals surface area contributed by atoms with Crippen molar-refractivity contribution in [2.24, 2.45) is 5.92 Å². The number of H-pyrrole nitrogens is 1. The molecule has 0 spiro atoms. The second kappa shape index (κ2) is 1.85. The van der Waals surface area contributed by atoms with E-state index in [0.717, 1.165) is 12.5 Å². The summed E-state index contributed by atoms with van der Waals surface area (Å²) in [4.78, 5) is 0. The quantitative estimate of drug-likeness (QED) is 0.624. The zero-order chi connectivity index (χ0) is 7.26. The summed E-state index contributed by atoms with van der Waals surface area (Å²) in [5.74, 6) is 0.897. The third-order valence-corrected chi connectivity index (χ3v) is 2.68. The van der Waals surface area contributed by atoms with Gasteiger partial charge in [0.05, 0.1) is 11.9 Å². The van der Waals surface area contributed by atoms with Crippen LogP contribution in [0.3, 0.4) is 0 Å². The van der Waals surface area contributed by atoms with E-state index in [-0.39, 0.29) is 0 Å². The largest absolute Gasteiger partial charge is 0.304 e. The number of rotatable bonds is 1. The Morgan fingerprint density at radius 2 is 2.36 bits per heavy atom. The molecule has 3 heteroatoms. The van der Waals surface area contributed by atoms with Crippen LogP contribution >= 0.6 is 0 Å². The van der Waals surface area contributed by atoms with Crippen molar-refractivity contribution in [1.29, 1.82) is 0 Å². The lowest BCUT2D eigenvalue weighted by Crippen LogP contribution is -2.14. The Kier molecular flexibility index (Phi) is 0.973. The van der Waals surface area contributed by atoms with E-state index >= 15 is 0 Å². The van der Waals surface area contributed by atoms with Crippen molar-refractivity contribution in [3.8, 4) is 0 Å². The molecule has 0 bridgehead atoms. The zero-order valence-electron chi connectivity index (χ0n) is 6.30. The molecule has 0 saturated heterocycles. The Morgan fingerprint density at radius 1 is 1.45 bits per heavy atom. The summed E-state index contributed by atoms with van der Waals surface area (Å²) in [6.07, 6.45) is 4.75. The first-order valence-electron chi connectivity index (χ1n) is 4.20. The van der Waals surface area contributed by atoms with Crippen molar-refractivity contribution in [1.82, 2.24) is 15.5 Å². The molecule has 3 nitrogen and oxygen atoms in total. The molecule has 3 rings (SSSR count). The Bertz CT molecular complexity index is 275. The molecular weight excluding hydrogens is 138 g/mol. The van der Waals surface area contributed by atoms with E-state index in [1.807, 2.05) is 6.20 Å². The standard InChI is InChI=1S/C8H11N3/c1-2-5(1)8-6-3-10-11-7(6)4-9-8/h3,5,8-9H,1-2,4H2,(H,10,11). The van der Waals surface area contributed by atoms with Gasteiger partial charge in [0.15, 0.2) is 0 Å². The van der Waals surface area contributed by atoms with Gasteiger partial charge in [-0.3, -0.25) is 5.10 Å². The van der Waals surface area contributed by atoms with Gasteiger partial charge in [-0.25, -0.2) is 0 Å². The minimum atomic E-state index is 0.615. The second-order valence-electron chi connectivity index (χ2n) is 3.50. The molecule has 0 radical (unpaired) electrons. The monoisotopic (exact) mass is 149 g/mol. The lowest BCUT2D eigenvalue weighted by molar-refractivity contribution is 0.519. The van der Waals surface area contributed by atoms with Crippen molar-refractivity contribution >= 4 is 0 Å². The van der Waals surface area contributed by atoms with Gasteiger partial charge in [0, 0.05) is 18.2 Å². The third kappa shape index (κ3) is 0.744. The summed E-state index contributed by atoms with van der Waals surface area (Å²) in [6.45, 7) is 0.983. The van der Waals surface area contributed by atoms with Gasteiger partial charge in [-0.15, -0.1) is 0 Å². The number of aromatic nitrogens is 2. The topological polar surface area (TPSA) is 40.7 Å². The Balaban J connectivity index is 1.99. The summed E-state index contributed by atoms with van der Waals surface area (Å²) in [5, 5.41) is 10.5. The van der Waals surface area contributed by atoms with E-state index in [9.17, 15) is 0 Å². The molecule has 1 unspecified atom stereocenters. The van der Waals surface area contributed by atoms with Crippen molar-refractivity contribution in [3.63, 3.8) is 0 Å². The van der Waals surface area contributed by atoms with Crippen molar-refractivity contribution < 1.29 is 0 Å². The van der Waals surface area contributed by atoms with E-state index in [2.05, 4.69) is 15.5 Å². The summed E-state index contributed by atoms with van der Waals surface area (Å²) in [7, 11) is 0. The van der Waals surface area contributed by atoms with Crippen LogP contribution in [-0.4, -0.2) is 10.2 Å². The SMILES string of the molecule is c1n[nH]c2c1C(C1CC1)NC2. The molecule has 1 aliphatic heterocycles. The molecule has 2 N–H and O–H groups in total. The first kappa shape index (κ1) is 5.77. The number of nitrogens with one attached hydrogen (secondary N) is 2. The maximum Gasteiger partial charge on any atom is 0.0538 e. The van der Waals surface area contributed by atoms with Gasteiger partial charge < -0.3 is 5.32 Å². The molecule has 1 fully saturated rings. The van der Waals surface area contributed by atoms with Crippen LogP contribution in [0.4, 0.5) is 0 Å². The summed E-state index contributed by atoms with van der Waals surface area (Å²) in [6, 6.07) is 0.615. The Hall–Kier alpha value is -0.830. The molecule has 1 aromatic rings. The van der Waals surface area contributed by atoms with Crippen LogP contribution in [0.1, 0.15) is 30.1 Å². The molecule has 11 heavy (non-hydrogen) atoms. The highest BCUT2D eigenvalue weighted by molar-refractivity contribution is 5.27. The molecule has 1 aliphatic carbocycles. The van der Waals surface area contributed by atoms with Gasteiger partial charge in [0.2, 0.25) is 0 Å². The lowest BCUT2D eigenvalue weighted by Gasteiger charge is -2.06. The number of hydrogen-bond acceptors (Lipinski definition) is 2. The van der Waals surface area contributed by atoms with E-state index in [1.54, 1.807) is 0 Å². The summed E-state index contributed by atoms with van der Waals surface area (Å²) in [5.41, 5.74) is 2.70. The summed E-state index contributed by atoms with van der Waals surface area (Å²) < 4.78 is 0. The van der Waals surface area contributed by atoms with Gasteiger partial charge in [-0.2, -0.15) is 5.10 Å². The van der Waals surface area contributed by atoms with Crippen LogP contribution in [0.2, 0.25) is 0 Å². The number of hydrogen-bond donors (Lipinski definition) is 2. The Labute approximate surface area is 65.2 Å². The fourth-order valence-electron chi connectivity index (χ4n) is 1.90. The van der Waals surface area contributed by atoms with Crippen molar-refractivity contribution in [3.05, 3.63) is 17.5 Å². The van der Waals surface area contributed by atoms with Crippen molar-refractivity contribution in [2.75, 3.05) is 0 Å². The van der Waals surface area contributed by atoms with E-state index in [1.165, 1.54) is 24.1 Å². The smallest absolute Gasteiger partial charge is 0.0538 e. The molecule has 0 amide bonds. The normalized spacial score (nSPS) is 28.9. The number of aromatic amines is 1. The van der Waals surface area contributed by atoms with Crippen LogP contribution in [0.25, 0.3) is 0 Å². The average Bonchev–Trinajstić information content (AvgIpc) is 2.63. The predicted molar refractivity (Wildman–Crippen MR) is 40.9 cm³/mol. The van der Waals surface area contributed by atoms with Gasteiger partial charge in [0.1, 0.15) is 0 Å². The highest BCUT2D eigenvalue weighted by Gasteiger charge is 2.36. The second-order valence-corrected chi connectivity index (χ2v) is 3.50. The van der Waals surface area contributed by atoms with Crippen LogP contribution in [-0.2, 0) is 6.54 Å². The van der Waals surface area contributed by atoms with Crippen LogP contribution < -0.4 is 5.32 Å². The molecule has 58 valence electrons. The molecule has 1 saturated carbocycles. The fraction of sp³-hybridized carbons (Fsp3) is 0.625. The van der Waals surface area contributed by atoms with Gasteiger partial charge in [-0.05, 0) is 18.8 Å². The molecule has 0 aromatic carbocycles. The summed E-state index contributed by atoms with van der Waals surface area (Å²) >= 11 is 0. The molecule has 2 aliphatic rings. The lowest BCUT2D eigenvalue weighted by atomic mass is 10.1. The van der Waals surface area contributed by atoms with Crippen LogP contribution in [0.15, 0.2) is 6.20 Å².